The molecule has 0 spiro atoms. The van der Waals surface area contributed by atoms with E-state index in [4.69, 9.17) is 9.72 Å². The van der Waals surface area contributed by atoms with Gasteiger partial charge < -0.3 is 14.1 Å². The number of nitrogens with one attached hydrogen (secondary N) is 1. The predicted octanol–water partition coefficient (Wildman–Crippen LogP) is 4.83. The summed E-state index contributed by atoms with van der Waals surface area (Å²) in [6, 6.07) is 7.95. The Hall–Kier alpha value is -3.64. The fourth-order valence-corrected chi connectivity index (χ4v) is 4.92. The van der Waals surface area contributed by atoms with Gasteiger partial charge in [-0.25, -0.2) is 13.8 Å². The van der Waals surface area contributed by atoms with Gasteiger partial charge in [0.25, 0.3) is 0 Å². The van der Waals surface area contributed by atoms with Gasteiger partial charge in [-0.3, -0.25) is 5.10 Å². The van der Waals surface area contributed by atoms with E-state index in [-0.39, 0.29) is 12.3 Å². The molecule has 0 aliphatic carbocycles. The van der Waals surface area contributed by atoms with Gasteiger partial charge in [0, 0.05) is 46.2 Å². The molecular weight excluding hydrogens is 440 g/mol. The van der Waals surface area contributed by atoms with Crippen molar-refractivity contribution in [1.29, 1.82) is 5.26 Å². The van der Waals surface area contributed by atoms with Gasteiger partial charge in [-0.2, -0.15) is 10.4 Å². The maximum Gasteiger partial charge on any atom is 0.160 e. The van der Waals surface area contributed by atoms with Gasteiger partial charge in [0.05, 0.1) is 29.9 Å². The van der Waals surface area contributed by atoms with Gasteiger partial charge in [-0.05, 0) is 31.0 Å². The van der Waals surface area contributed by atoms with E-state index in [0.29, 0.717) is 41.8 Å². The van der Waals surface area contributed by atoms with Crippen LogP contribution in [-0.4, -0.2) is 38.7 Å². The molecule has 34 heavy (non-hydrogen) atoms. The summed E-state index contributed by atoms with van der Waals surface area (Å²) >= 11 is 0. The highest BCUT2D eigenvalue weighted by molar-refractivity contribution is 5.94. The second-order valence-electron chi connectivity index (χ2n) is 9.36. The minimum Gasteiger partial charge on any atom is -0.370 e. The van der Waals surface area contributed by atoms with E-state index in [2.05, 4.69) is 16.3 Å². The topological polar surface area (TPSA) is 96.6 Å². The van der Waals surface area contributed by atoms with E-state index in [0.717, 1.165) is 35.1 Å². The summed E-state index contributed by atoms with van der Waals surface area (Å²) in [5, 5.41) is 17.4. The van der Waals surface area contributed by atoms with Crippen LogP contribution in [-0.2, 0) is 14.9 Å². The lowest BCUT2D eigenvalue weighted by atomic mass is 9.79. The number of fused-ring (bicyclic) bond motifs is 2. The first kappa shape index (κ1) is 22.2. The Bertz CT molecular complexity index is 1440. The summed E-state index contributed by atoms with van der Waals surface area (Å²) in [5.74, 6) is -1.99. The second-order valence-corrected chi connectivity index (χ2v) is 9.36. The summed E-state index contributed by atoms with van der Waals surface area (Å²) in [5.41, 5.74) is 3.45. The zero-order valence-corrected chi connectivity index (χ0v) is 18.8. The van der Waals surface area contributed by atoms with Crippen molar-refractivity contribution in [2.75, 3.05) is 6.61 Å². The quantitative estimate of drug-likeness (QED) is 0.428. The number of aromatic nitrogens is 4. The number of carbonyl (C=O) groups excluding carboxylic acids is 1. The molecule has 5 rings (SSSR count). The van der Waals surface area contributed by atoms with Crippen LogP contribution in [0.3, 0.4) is 0 Å². The molecule has 1 aliphatic rings. The van der Waals surface area contributed by atoms with Crippen LogP contribution in [0.25, 0.3) is 27.8 Å². The number of H-pyrrole nitrogens is 1. The van der Waals surface area contributed by atoms with Crippen molar-refractivity contribution < 1.29 is 18.3 Å². The molecule has 1 unspecified atom stereocenters. The summed E-state index contributed by atoms with van der Waals surface area (Å²) in [4.78, 5) is 16.1. The lowest BCUT2D eigenvalue weighted by Crippen LogP contribution is -2.29. The van der Waals surface area contributed by atoms with Crippen LogP contribution < -0.4 is 0 Å². The number of hydrogen-bond donors (Lipinski definition) is 1. The largest absolute Gasteiger partial charge is 0.370 e. The SMILES string of the molecule is CC(C)(CC#N)c1c(C2CC[C@@H](C=O)OC2)c2nc3[nH]ncc3cc2n1-c1ccc(F)c(F)c1. The van der Waals surface area contributed by atoms with Crippen LogP contribution in [0.1, 0.15) is 50.3 Å². The number of aldehydes is 1. The smallest absolute Gasteiger partial charge is 0.160 e. The third-order valence-corrected chi connectivity index (χ3v) is 6.58. The van der Waals surface area contributed by atoms with Gasteiger partial charge in [-0.15, -0.1) is 0 Å². The van der Waals surface area contributed by atoms with Crippen LogP contribution in [0, 0.1) is 23.0 Å². The highest BCUT2D eigenvalue weighted by Crippen LogP contribution is 2.44. The Morgan fingerprint density at radius 2 is 2.12 bits per heavy atom. The third-order valence-electron chi connectivity index (χ3n) is 6.58. The maximum atomic E-state index is 14.4. The Labute approximate surface area is 194 Å². The minimum atomic E-state index is -0.961. The molecule has 2 atom stereocenters. The predicted molar refractivity (Wildman–Crippen MR) is 122 cm³/mol. The Morgan fingerprint density at radius 3 is 2.79 bits per heavy atom. The van der Waals surface area contributed by atoms with Crippen molar-refractivity contribution >= 4 is 28.4 Å². The number of nitriles is 1. The van der Waals surface area contributed by atoms with E-state index in [9.17, 15) is 18.8 Å². The second kappa shape index (κ2) is 8.29. The molecule has 174 valence electrons. The molecule has 0 saturated carbocycles. The van der Waals surface area contributed by atoms with Crippen molar-refractivity contribution in [3.05, 3.63) is 53.4 Å². The minimum absolute atomic E-state index is 0.0916. The van der Waals surface area contributed by atoms with Crippen molar-refractivity contribution in [2.24, 2.45) is 0 Å². The third kappa shape index (κ3) is 3.55. The molecule has 0 amide bonds. The highest BCUT2D eigenvalue weighted by Gasteiger charge is 2.37. The van der Waals surface area contributed by atoms with Crippen molar-refractivity contribution in [3.63, 3.8) is 0 Å². The van der Waals surface area contributed by atoms with Gasteiger partial charge >= 0.3 is 0 Å². The molecule has 3 aromatic heterocycles. The fraction of sp³-hybridized carbons (Fsp3) is 0.360. The first-order chi connectivity index (χ1) is 16.3. The number of hydrogen-bond acceptors (Lipinski definition) is 5. The lowest BCUT2D eigenvalue weighted by molar-refractivity contribution is -0.121. The fourth-order valence-electron chi connectivity index (χ4n) is 4.92. The summed E-state index contributed by atoms with van der Waals surface area (Å²) in [6.07, 6.45) is 3.48. The average molecular weight is 463 g/mol. The summed E-state index contributed by atoms with van der Waals surface area (Å²) < 4.78 is 35.8. The first-order valence-electron chi connectivity index (χ1n) is 11.1. The van der Waals surface area contributed by atoms with Crippen molar-refractivity contribution in [2.45, 2.75) is 50.5 Å². The van der Waals surface area contributed by atoms with E-state index >= 15 is 0 Å². The molecular formula is C25H23F2N5O2. The number of halogens is 2. The van der Waals surface area contributed by atoms with Gasteiger partial charge in [0.15, 0.2) is 17.3 Å². The Kier molecular flexibility index (Phi) is 5.41. The van der Waals surface area contributed by atoms with Crippen LogP contribution in [0.4, 0.5) is 8.78 Å². The number of aromatic amines is 1. The molecule has 1 N–H and O–H groups in total. The van der Waals surface area contributed by atoms with Crippen LogP contribution in [0.2, 0.25) is 0 Å². The van der Waals surface area contributed by atoms with Crippen molar-refractivity contribution in [3.8, 4) is 11.8 Å². The zero-order valence-electron chi connectivity index (χ0n) is 18.8. The standard InChI is InChI=1S/C25H23F2N5O2/c1-25(2,7-8-28)23-21(14-3-5-17(12-33)34-13-14)22-20(9-15-11-29-31-24(15)30-22)32(23)16-4-6-18(26)19(27)10-16/h4,6,9-12,14,17H,3,5,7,13H2,1-2H3,(H,29,30,31)/t14?,17-/m0/s1. The van der Waals surface area contributed by atoms with Gasteiger partial charge in [0.1, 0.15) is 12.4 Å². The summed E-state index contributed by atoms with van der Waals surface area (Å²) in [7, 11) is 0. The molecule has 4 heterocycles. The number of benzene rings is 1. The molecule has 9 heteroatoms. The molecule has 1 aliphatic heterocycles. The normalized spacial score (nSPS) is 18.9. The highest BCUT2D eigenvalue weighted by atomic mass is 19.2. The van der Waals surface area contributed by atoms with E-state index in [1.807, 2.05) is 24.5 Å². The molecule has 1 aromatic carbocycles. The number of pyridine rings is 1. The zero-order chi connectivity index (χ0) is 24.0. The van der Waals surface area contributed by atoms with Gasteiger partial charge in [-0.1, -0.05) is 13.8 Å². The number of carbonyl (C=O) groups is 1. The Morgan fingerprint density at radius 1 is 1.29 bits per heavy atom. The first-order valence-corrected chi connectivity index (χ1v) is 11.1. The molecule has 1 fully saturated rings. The van der Waals surface area contributed by atoms with Crippen LogP contribution in [0.5, 0.6) is 0 Å². The van der Waals surface area contributed by atoms with E-state index in [1.165, 1.54) is 6.07 Å². The van der Waals surface area contributed by atoms with Gasteiger partial charge in [0.2, 0.25) is 0 Å². The molecule has 7 nitrogen and oxygen atoms in total. The maximum absolute atomic E-state index is 14.4. The number of ether oxygens (including phenoxy) is 1. The molecule has 0 radical (unpaired) electrons. The van der Waals surface area contributed by atoms with Crippen LogP contribution in [0.15, 0.2) is 30.5 Å². The monoisotopic (exact) mass is 463 g/mol. The number of rotatable bonds is 5. The Balaban J connectivity index is 1.87. The average Bonchev–Trinajstić information content (AvgIpc) is 3.41. The summed E-state index contributed by atoms with van der Waals surface area (Å²) in [6.45, 7) is 4.23. The van der Waals surface area contributed by atoms with E-state index < -0.39 is 23.2 Å². The molecule has 4 aromatic rings. The van der Waals surface area contributed by atoms with Crippen LogP contribution >= 0.6 is 0 Å². The number of nitrogens with zero attached hydrogens (tertiary/aromatic N) is 4. The molecule has 1 saturated heterocycles. The molecule has 0 bridgehead atoms. The van der Waals surface area contributed by atoms with Crippen molar-refractivity contribution in [1.82, 2.24) is 19.7 Å². The lowest BCUT2D eigenvalue weighted by Gasteiger charge is -2.31. The van der Waals surface area contributed by atoms with E-state index in [1.54, 1.807) is 6.20 Å².